The molecule has 18 heavy (non-hydrogen) atoms. The maximum Gasteiger partial charge on any atom is 0.171 e. The predicted molar refractivity (Wildman–Crippen MR) is 76.7 cm³/mol. The highest BCUT2D eigenvalue weighted by Gasteiger charge is 2.56. The standard InChI is InChI=1S/C14H27NO2S/c1-5-13(6-2)11-14(16-8-7-9-17-14)10-12(3,4)15(13)18/h18H,5-11H2,1-4H3. The van der Waals surface area contributed by atoms with Crippen molar-refractivity contribution < 1.29 is 9.47 Å². The highest BCUT2D eigenvalue weighted by Crippen LogP contribution is 2.50. The summed E-state index contributed by atoms with van der Waals surface area (Å²) in [5.41, 5.74) is 0.0624. The molecule has 0 unspecified atom stereocenters. The van der Waals surface area contributed by atoms with E-state index in [1.165, 1.54) is 0 Å². The molecule has 4 heteroatoms. The number of hydrogen-bond acceptors (Lipinski definition) is 4. The molecule has 0 radical (unpaired) electrons. The van der Waals surface area contributed by atoms with Crippen LogP contribution < -0.4 is 0 Å². The lowest BCUT2D eigenvalue weighted by Crippen LogP contribution is -2.65. The van der Waals surface area contributed by atoms with Crippen molar-refractivity contribution in [3.63, 3.8) is 0 Å². The van der Waals surface area contributed by atoms with Crippen molar-refractivity contribution in [2.45, 2.75) is 76.7 Å². The quantitative estimate of drug-likeness (QED) is 0.779. The Balaban J connectivity index is 2.31. The van der Waals surface area contributed by atoms with Gasteiger partial charge in [0.15, 0.2) is 5.79 Å². The van der Waals surface area contributed by atoms with Crippen LogP contribution in [-0.2, 0) is 9.47 Å². The first-order valence-corrected chi connectivity index (χ1v) is 7.57. The second kappa shape index (κ2) is 4.97. The van der Waals surface area contributed by atoms with Gasteiger partial charge in [-0.15, -0.1) is 0 Å². The largest absolute Gasteiger partial charge is 0.350 e. The van der Waals surface area contributed by atoms with Crippen LogP contribution in [0.3, 0.4) is 0 Å². The van der Waals surface area contributed by atoms with Crippen LogP contribution >= 0.6 is 12.8 Å². The average Bonchev–Trinajstić information content (AvgIpc) is 2.35. The van der Waals surface area contributed by atoms with E-state index < -0.39 is 0 Å². The van der Waals surface area contributed by atoms with Gasteiger partial charge in [-0.05, 0) is 33.1 Å². The molecule has 2 rings (SSSR count). The Hall–Kier alpha value is 0.230. The first-order chi connectivity index (χ1) is 8.40. The van der Waals surface area contributed by atoms with E-state index in [2.05, 4.69) is 32.0 Å². The summed E-state index contributed by atoms with van der Waals surface area (Å²) < 4.78 is 14.4. The van der Waals surface area contributed by atoms with Gasteiger partial charge < -0.3 is 9.47 Å². The molecule has 2 aliphatic rings. The van der Waals surface area contributed by atoms with Gasteiger partial charge in [-0.1, -0.05) is 26.7 Å². The molecule has 0 aromatic rings. The average molecular weight is 273 g/mol. The minimum Gasteiger partial charge on any atom is -0.350 e. The zero-order valence-electron chi connectivity index (χ0n) is 12.2. The topological polar surface area (TPSA) is 21.7 Å². The molecule has 0 aromatic carbocycles. The maximum atomic E-state index is 6.07. The summed E-state index contributed by atoms with van der Waals surface area (Å²) in [6, 6.07) is 0. The van der Waals surface area contributed by atoms with Gasteiger partial charge in [0.25, 0.3) is 0 Å². The molecule has 0 aromatic heterocycles. The Labute approximate surface area is 117 Å². The highest BCUT2D eigenvalue weighted by atomic mass is 32.1. The molecule has 2 aliphatic heterocycles. The van der Waals surface area contributed by atoms with E-state index in [1.807, 2.05) is 0 Å². The smallest absolute Gasteiger partial charge is 0.171 e. The number of nitrogens with zero attached hydrogens (tertiary/aromatic N) is 1. The van der Waals surface area contributed by atoms with Crippen molar-refractivity contribution in [3.05, 3.63) is 0 Å². The van der Waals surface area contributed by atoms with Crippen LogP contribution in [0.15, 0.2) is 0 Å². The number of hydrogen-bond donors (Lipinski definition) is 1. The van der Waals surface area contributed by atoms with Crippen LogP contribution in [0.5, 0.6) is 0 Å². The van der Waals surface area contributed by atoms with Gasteiger partial charge in [-0.3, -0.25) is 0 Å². The summed E-state index contributed by atoms with van der Waals surface area (Å²) >= 11 is 4.81. The van der Waals surface area contributed by atoms with Crippen molar-refractivity contribution in [1.29, 1.82) is 0 Å². The molecule has 2 saturated heterocycles. The lowest BCUT2D eigenvalue weighted by molar-refractivity contribution is -0.309. The van der Waals surface area contributed by atoms with Gasteiger partial charge in [0, 0.05) is 23.9 Å². The van der Waals surface area contributed by atoms with Gasteiger partial charge in [0.1, 0.15) is 0 Å². The number of ether oxygens (including phenoxy) is 2. The lowest BCUT2D eigenvalue weighted by Gasteiger charge is -2.59. The summed E-state index contributed by atoms with van der Waals surface area (Å²) in [7, 11) is 0. The van der Waals surface area contributed by atoms with Crippen LogP contribution in [0.2, 0.25) is 0 Å². The van der Waals surface area contributed by atoms with Crippen molar-refractivity contribution in [2.24, 2.45) is 0 Å². The second-order valence-corrected chi connectivity index (χ2v) is 6.77. The minimum atomic E-state index is -0.382. The van der Waals surface area contributed by atoms with E-state index in [1.54, 1.807) is 0 Å². The molecule has 0 saturated carbocycles. The van der Waals surface area contributed by atoms with Gasteiger partial charge in [-0.2, -0.15) is 0 Å². The van der Waals surface area contributed by atoms with E-state index in [0.29, 0.717) is 0 Å². The third kappa shape index (κ3) is 2.33. The Morgan fingerprint density at radius 3 is 2.11 bits per heavy atom. The third-order valence-electron chi connectivity index (χ3n) is 4.66. The van der Waals surface area contributed by atoms with E-state index in [4.69, 9.17) is 22.3 Å². The van der Waals surface area contributed by atoms with Crippen molar-refractivity contribution in [1.82, 2.24) is 4.31 Å². The highest BCUT2D eigenvalue weighted by molar-refractivity contribution is 7.77. The van der Waals surface area contributed by atoms with Gasteiger partial charge in [-0.25, -0.2) is 4.31 Å². The van der Waals surface area contributed by atoms with Crippen molar-refractivity contribution in [2.75, 3.05) is 13.2 Å². The van der Waals surface area contributed by atoms with Crippen molar-refractivity contribution >= 4 is 12.8 Å². The van der Waals surface area contributed by atoms with Crippen LogP contribution in [0.1, 0.15) is 59.8 Å². The Bertz CT molecular complexity index is 296. The first-order valence-electron chi connectivity index (χ1n) is 7.17. The molecule has 0 atom stereocenters. The second-order valence-electron chi connectivity index (χ2n) is 6.37. The van der Waals surface area contributed by atoms with Gasteiger partial charge in [0.05, 0.1) is 13.2 Å². The molecule has 2 fully saturated rings. The van der Waals surface area contributed by atoms with E-state index >= 15 is 0 Å². The zero-order chi connectivity index (χ0) is 13.4. The van der Waals surface area contributed by atoms with Crippen LogP contribution in [0.4, 0.5) is 0 Å². The van der Waals surface area contributed by atoms with Crippen LogP contribution in [0.25, 0.3) is 0 Å². The van der Waals surface area contributed by atoms with E-state index in [0.717, 1.165) is 45.3 Å². The van der Waals surface area contributed by atoms with Crippen LogP contribution in [-0.4, -0.2) is 34.4 Å². The summed E-state index contributed by atoms with van der Waals surface area (Å²) in [5, 5.41) is 0. The molecule has 3 nitrogen and oxygen atoms in total. The molecule has 0 amide bonds. The predicted octanol–water partition coefficient (Wildman–Crippen LogP) is 3.40. The fourth-order valence-electron chi connectivity index (χ4n) is 3.64. The summed E-state index contributed by atoms with van der Waals surface area (Å²) in [4.78, 5) is 0. The summed E-state index contributed by atoms with van der Waals surface area (Å²) in [6.07, 6.45) is 4.99. The molecule has 106 valence electrons. The summed E-state index contributed by atoms with van der Waals surface area (Å²) in [5.74, 6) is -0.382. The van der Waals surface area contributed by atoms with E-state index in [-0.39, 0.29) is 16.9 Å². The SMILES string of the molecule is CCC1(CC)CC2(CC(C)(C)N1S)OCCCO2. The number of piperidine rings is 1. The number of rotatable bonds is 2. The third-order valence-corrected chi connectivity index (χ3v) is 5.62. The number of thiol groups is 1. The van der Waals surface area contributed by atoms with Crippen LogP contribution in [0, 0.1) is 0 Å². The fourth-order valence-corrected chi connectivity index (χ4v) is 4.06. The Kier molecular flexibility index (Phi) is 4.04. The monoisotopic (exact) mass is 273 g/mol. The maximum absolute atomic E-state index is 6.07. The van der Waals surface area contributed by atoms with Gasteiger partial charge in [0.2, 0.25) is 0 Å². The lowest BCUT2D eigenvalue weighted by atomic mass is 9.73. The molecule has 0 N–H and O–H groups in total. The van der Waals surface area contributed by atoms with Crippen molar-refractivity contribution in [3.8, 4) is 0 Å². The van der Waals surface area contributed by atoms with E-state index in [9.17, 15) is 0 Å². The molecule has 0 aliphatic carbocycles. The molecular weight excluding hydrogens is 246 g/mol. The minimum absolute atomic E-state index is 0.00921. The normalized spacial score (nSPS) is 30.5. The Morgan fingerprint density at radius 2 is 1.61 bits per heavy atom. The molecule has 2 heterocycles. The summed E-state index contributed by atoms with van der Waals surface area (Å²) in [6.45, 7) is 10.6. The molecular formula is C14H27NO2S. The molecule has 0 bridgehead atoms. The fraction of sp³-hybridized carbons (Fsp3) is 1.00. The zero-order valence-corrected chi connectivity index (χ0v) is 13.1. The first kappa shape index (κ1) is 14.6. The molecule has 1 spiro atoms. The van der Waals surface area contributed by atoms with Gasteiger partial charge >= 0.3 is 0 Å². The Morgan fingerprint density at radius 1 is 1.06 bits per heavy atom.